The first-order chi connectivity index (χ1) is 9.41. The zero-order valence-electron chi connectivity index (χ0n) is 9.91. The average Bonchev–Trinajstić information content (AvgIpc) is 2.39. The number of carboxylic acids is 2. The third-order valence-corrected chi connectivity index (χ3v) is 5.39. The van der Waals surface area contributed by atoms with Crippen molar-refractivity contribution in [3.05, 3.63) is 28.7 Å². The summed E-state index contributed by atoms with van der Waals surface area (Å²) in [6.45, 7) is 0. The highest BCUT2D eigenvalue weighted by Crippen LogP contribution is 2.36. The van der Waals surface area contributed by atoms with Gasteiger partial charge in [-0.25, -0.2) is 9.59 Å². The van der Waals surface area contributed by atoms with Crippen LogP contribution in [0.25, 0.3) is 0 Å². The smallest absolute Gasteiger partial charge is 0.394 e. The molecule has 0 saturated carbocycles. The highest BCUT2D eigenvalue weighted by atomic mass is 79.9. The van der Waals surface area contributed by atoms with Gasteiger partial charge < -0.3 is 15.5 Å². The minimum Gasteiger partial charge on any atom is -0.480 e. The van der Waals surface area contributed by atoms with E-state index >= 15 is 0 Å². The topological polar surface area (TPSA) is 104 Å². The fraction of sp³-hybridized carbons (Fsp3) is 0.182. The van der Waals surface area contributed by atoms with Crippen molar-refractivity contribution in [2.24, 2.45) is 0 Å². The van der Waals surface area contributed by atoms with Crippen molar-refractivity contribution in [2.45, 2.75) is 10.9 Å². The summed E-state index contributed by atoms with van der Waals surface area (Å²) >= 11 is 3.35. The second-order valence-electron chi connectivity index (χ2n) is 3.47. The standard InChI is InChI=1S/C11H10BrNO5S2/c12-6-3-1-2-4-8(6)20-19-5-7(10(15)16)13-9(14)11(17)18/h1-4,7H,5H2,(H,13,14)(H,15,16)(H,17,18)/t7-/m0/s1. The molecule has 0 aliphatic rings. The van der Waals surface area contributed by atoms with E-state index in [1.54, 1.807) is 0 Å². The van der Waals surface area contributed by atoms with Gasteiger partial charge in [0.2, 0.25) is 0 Å². The highest BCUT2D eigenvalue weighted by Gasteiger charge is 2.23. The molecule has 1 amide bonds. The number of nitrogens with one attached hydrogen (secondary N) is 1. The molecular formula is C11H10BrNO5S2. The Hall–Kier alpha value is -1.19. The van der Waals surface area contributed by atoms with Crippen LogP contribution < -0.4 is 5.32 Å². The van der Waals surface area contributed by atoms with Gasteiger partial charge in [0.15, 0.2) is 0 Å². The van der Waals surface area contributed by atoms with Gasteiger partial charge in [0.1, 0.15) is 6.04 Å². The van der Waals surface area contributed by atoms with E-state index < -0.39 is 23.9 Å². The van der Waals surface area contributed by atoms with Crippen LogP contribution in [0, 0.1) is 0 Å². The summed E-state index contributed by atoms with van der Waals surface area (Å²) < 4.78 is 0.874. The molecule has 1 atom stereocenters. The molecule has 0 aromatic heterocycles. The lowest BCUT2D eigenvalue weighted by molar-refractivity contribution is -0.151. The minimum atomic E-state index is -1.71. The molecule has 9 heteroatoms. The van der Waals surface area contributed by atoms with Crippen LogP contribution in [0.15, 0.2) is 33.6 Å². The Labute approximate surface area is 130 Å². The monoisotopic (exact) mass is 379 g/mol. The van der Waals surface area contributed by atoms with Crippen LogP contribution in [0.4, 0.5) is 0 Å². The Balaban J connectivity index is 2.52. The summed E-state index contributed by atoms with van der Waals surface area (Å²) in [4.78, 5) is 33.2. The molecule has 0 aliphatic carbocycles. The molecule has 6 nitrogen and oxygen atoms in total. The fourth-order valence-corrected chi connectivity index (χ4v) is 4.19. The Bertz CT molecular complexity index is 525. The normalized spacial score (nSPS) is 11.7. The largest absolute Gasteiger partial charge is 0.480 e. The molecule has 1 rings (SSSR count). The van der Waals surface area contributed by atoms with Gasteiger partial charge in [0, 0.05) is 15.1 Å². The summed E-state index contributed by atoms with van der Waals surface area (Å²) in [5, 5.41) is 19.3. The van der Waals surface area contributed by atoms with E-state index in [1.165, 1.54) is 21.6 Å². The fourth-order valence-electron chi connectivity index (χ4n) is 1.07. The quantitative estimate of drug-likeness (QED) is 0.511. The Morgan fingerprint density at radius 3 is 2.45 bits per heavy atom. The van der Waals surface area contributed by atoms with E-state index in [4.69, 9.17) is 10.2 Å². The number of hydrogen-bond acceptors (Lipinski definition) is 5. The number of carboxylic acid groups (broad SMARTS) is 2. The molecule has 20 heavy (non-hydrogen) atoms. The average molecular weight is 380 g/mol. The van der Waals surface area contributed by atoms with Gasteiger partial charge in [-0.2, -0.15) is 0 Å². The maximum atomic E-state index is 10.9. The number of benzene rings is 1. The minimum absolute atomic E-state index is 0.0420. The molecule has 0 bridgehead atoms. The van der Waals surface area contributed by atoms with E-state index in [0.29, 0.717) is 0 Å². The SMILES string of the molecule is O=C(O)C(=O)N[C@@H](CSSc1ccccc1Br)C(=O)O. The van der Waals surface area contributed by atoms with E-state index in [-0.39, 0.29) is 5.75 Å². The molecule has 1 aromatic carbocycles. The van der Waals surface area contributed by atoms with E-state index in [0.717, 1.165) is 9.37 Å². The lowest BCUT2D eigenvalue weighted by atomic mass is 10.3. The molecule has 108 valence electrons. The van der Waals surface area contributed by atoms with Crippen LogP contribution in [-0.2, 0) is 14.4 Å². The molecular weight excluding hydrogens is 370 g/mol. The van der Waals surface area contributed by atoms with Crippen LogP contribution in [0.5, 0.6) is 0 Å². The highest BCUT2D eigenvalue weighted by molar-refractivity contribution is 9.10. The van der Waals surface area contributed by atoms with Gasteiger partial charge in [-0.3, -0.25) is 4.79 Å². The first-order valence-corrected chi connectivity index (χ1v) is 8.33. The zero-order valence-corrected chi connectivity index (χ0v) is 13.1. The number of hydrogen-bond donors (Lipinski definition) is 3. The molecule has 3 N–H and O–H groups in total. The molecule has 1 aromatic rings. The lowest BCUT2D eigenvalue weighted by Gasteiger charge is -2.12. The molecule has 0 heterocycles. The molecule has 0 saturated heterocycles. The van der Waals surface area contributed by atoms with Gasteiger partial charge >= 0.3 is 17.8 Å². The van der Waals surface area contributed by atoms with Crippen LogP contribution in [0.1, 0.15) is 0 Å². The first-order valence-electron chi connectivity index (χ1n) is 5.22. The summed E-state index contributed by atoms with van der Waals surface area (Å²) in [7, 11) is 2.54. The van der Waals surface area contributed by atoms with E-state index in [2.05, 4.69) is 15.9 Å². The second kappa shape index (κ2) is 8.18. The van der Waals surface area contributed by atoms with Gasteiger partial charge in [-0.15, -0.1) is 0 Å². The van der Waals surface area contributed by atoms with Crippen molar-refractivity contribution in [1.29, 1.82) is 0 Å². The number of halogens is 1. The van der Waals surface area contributed by atoms with Crippen molar-refractivity contribution in [3.8, 4) is 0 Å². The Morgan fingerprint density at radius 2 is 1.90 bits per heavy atom. The van der Waals surface area contributed by atoms with Gasteiger partial charge in [-0.05, 0) is 28.1 Å². The molecule has 0 fully saturated rings. The summed E-state index contributed by atoms with van der Waals surface area (Å²) in [6, 6.07) is 6.15. The summed E-state index contributed by atoms with van der Waals surface area (Å²) in [6.07, 6.45) is 0. The van der Waals surface area contributed by atoms with Crippen molar-refractivity contribution in [3.63, 3.8) is 0 Å². The van der Waals surface area contributed by atoms with E-state index in [1.807, 2.05) is 29.6 Å². The van der Waals surface area contributed by atoms with Crippen molar-refractivity contribution in [1.82, 2.24) is 5.32 Å². The third kappa shape index (κ3) is 5.43. The van der Waals surface area contributed by atoms with Crippen molar-refractivity contribution >= 4 is 55.4 Å². The van der Waals surface area contributed by atoms with Crippen molar-refractivity contribution in [2.75, 3.05) is 5.75 Å². The predicted octanol–water partition coefficient (Wildman–Crippen LogP) is 1.84. The Morgan fingerprint density at radius 1 is 1.25 bits per heavy atom. The Kier molecular flexibility index (Phi) is 6.89. The van der Waals surface area contributed by atoms with Crippen LogP contribution in [-0.4, -0.2) is 39.9 Å². The van der Waals surface area contributed by atoms with E-state index in [9.17, 15) is 14.4 Å². The molecule has 0 aliphatic heterocycles. The molecule has 0 unspecified atom stereocenters. The van der Waals surface area contributed by atoms with Crippen LogP contribution >= 0.6 is 37.5 Å². The number of carbonyl (C=O) groups is 3. The summed E-state index contributed by atoms with van der Waals surface area (Å²) in [5.41, 5.74) is 0. The molecule has 0 radical (unpaired) electrons. The van der Waals surface area contributed by atoms with Crippen molar-refractivity contribution < 1.29 is 24.6 Å². The van der Waals surface area contributed by atoms with Gasteiger partial charge in [0.05, 0.1) is 0 Å². The first kappa shape index (κ1) is 16.9. The third-order valence-electron chi connectivity index (χ3n) is 2.02. The maximum Gasteiger partial charge on any atom is 0.394 e. The lowest BCUT2D eigenvalue weighted by Crippen LogP contribution is -2.45. The number of amides is 1. The maximum absolute atomic E-state index is 10.9. The second-order valence-corrected chi connectivity index (χ2v) is 6.70. The van der Waals surface area contributed by atoms with Gasteiger partial charge in [-0.1, -0.05) is 33.7 Å². The van der Waals surface area contributed by atoms with Crippen LogP contribution in [0.3, 0.4) is 0 Å². The summed E-state index contributed by atoms with van der Waals surface area (Å²) in [5.74, 6) is -4.27. The predicted molar refractivity (Wildman–Crippen MR) is 79.7 cm³/mol. The molecule has 0 spiro atoms. The number of aliphatic carboxylic acids is 2. The van der Waals surface area contributed by atoms with Crippen LogP contribution in [0.2, 0.25) is 0 Å². The van der Waals surface area contributed by atoms with Gasteiger partial charge in [0.25, 0.3) is 0 Å². The number of rotatable bonds is 6. The zero-order chi connectivity index (χ0) is 15.1. The number of carbonyl (C=O) groups excluding carboxylic acids is 1.